The van der Waals surface area contributed by atoms with E-state index in [1.807, 2.05) is 0 Å². The van der Waals surface area contributed by atoms with Crippen molar-refractivity contribution < 1.29 is 4.79 Å². The van der Waals surface area contributed by atoms with Crippen LogP contribution in [0.2, 0.25) is 0 Å². The van der Waals surface area contributed by atoms with Crippen LogP contribution in [0.5, 0.6) is 0 Å². The second kappa shape index (κ2) is 5.17. The van der Waals surface area contributed by atoms with Crippen molar-refractivity contribution in [3.8, 4) is 0 Å². The van der Waals surface area contributed by atoms with Gasteiger partial charge in [-0.2, -0.15) is 0 Å². The van der Waals surface area contributed by atoms with Gasteiger partial charge in [-0.15, -0.1) is 0 Å². The summed E-state index contributed by atoms with van der Waals surface area (Å²) in [5, 5.41) is 3.18. The summed E-state index contributed by atoms with van der Waals surface area (Å²) in [5.41, 5.74) is 7.95. The molecule has 1 saturated carbocycles. The molecular weight excluding hydrogens is 268 g/mol. The van der Waals surface area contributed by atoms with E-state index >= 15 is 0 Å². The van der Waals surface area contributed by atoms with Gasteiger partial charge >= 0.3 is 0 Å². The molecule has 1 amide bonds. The second-order valence-electron chi connectivity index (χ2n) is 6.00. The fourth-order valence-corrected chi connectivity index (χ4v) is 3.85. The Morgan fingerprint density at radius 2 is 1.75 bits per heavy atom. The number of fused-ring (bicyclic) bond motifs is 1. The van der Waals surface area contributed by atoms with E-state index in [4.69, 9.17) is 18.0 Å². The fraction of sp³-hybridized carbons (Fsp3) is 0.500. The SMILES string of the molecule is NC(=S)C1(C(=O)NC2Cc3ccccc3C2)CCCC1. The van der Waals surface area contributed by atoms with E-state index in [1.54, 1.807) is 0 Å². The molecule has 3 nitrogen and oxygen atoms in total. The fourth-order valence-electron chi connectivity index (χ4n) is 3.55. The number of nitrogens with two attached hydrogens (primary N) is 1. The van der Waals surface area contributed by atoms with Crippen molar-refractivity contribution in [1.82, 2.24) is 5.32 Å². The summed E-state index contributed by atoms with van der Waals surface area (Å²) in [6.45, 7) is 0. The molecule has 0 saturated heterocycles. The highest BCUT2D eigenvalue weighted by Gasteiger charge is 2.44. The first-order valence-corrected chi connectivity index (χ1v) is 7.70. The molecule has 0 unspecified atom stereocenters. The Kier molecular flexibility index (Phi) is 3.50. The molecule has 0 radical (unpaired) electrons. The first kappa shape index (κ1) is 13.6. The van der Waals surface area contributed by atoms with E-state index in [0.29, 0.717) is 4.99 Å². The number of carbonyl (C=O) groups is 1. The third kappa shape index (κ3) is 2.22. The summed E-state index contributed by atoms with van der Waals surface area (Å²) >= 11 is 5.17. The zero-order chi connectivity index (χ0) is 14.2. The maximum atomic E-state index is 12.6. The van der Waals surface area contributed by atoms with Gasteiger partial charge in [0.05, 0.1) is 10.4 Å². The molecule has 106 valence electrons. The van der Waals surface area contributed by atoms with Crippen molar-refractivity contribution in [2.45, 2.75) is 44.6 Å². The number of rotatable bonds is 3. The largest absolute Gasteiger partial charge is 0.392 e. The monoisotopic (exact) mass is 288 g/mol. The number of nitrogens with one attached hydrogen (secondary N) is 1. The van der Waals surface area contributed by atoms with Crippen LogP contribution < -0.4 is 11.1 Å². The lowest BCUT2D eigenvalue weighted by atomic mass is 9.84. The highest BCUT2D eigenvalue weighted by Crippen LogP contribution is 2.39. The van der Waals surface area contributed by atoms with Crippen LogP contribution in [-0.4, -0.2) is 16.9 Å². The topological polar surface area (TPSA) is 55.1 Å². The number of carbonyl (C=O) groups excluding carboxylic acids is 1. The van der Waals surface area contributed by atoms with Crippen molar-refractivity contribution in [3.63, 3.8) is 0 Å². The number of amides is 1. The van der Waals surface area contributed by atoms with Crippen LogP contribution in [0.4, 0.5) is 0 Å². The highest BCUT2D eigenvalue weighted by molar-refractivity contribution is 7.80. The molecule has 0 atom stereocenters. The molecule has 0 aliphatic heterocycles. The maximum absolute atomic E-state index is 12.6. The van der Waals surface area contributed by atoms with Crippen molar-refractivity contribution in [3.05, 3.63) is 35.4 Å². The Hall–Kier alpha value is -1.42. The van der Waals surface area contributed by atoms with Gasteiger partial charge in [0, 0.05) is 6.04 Å². The molecule has 0 heterocycles. The van der Waals surface area contributed by atoms with Gasteiger partial charge in [0.1, 0.15) is 0 Å². The Morgan fingerprint density at radius 1 is 1.20 bits per heavy atom. The highest BCUT2D eigenvalue weighted by atomic mass is 32.1. The zero-order valence-electron chi connectivity index (χ0n) is 11.5. The molecule has 3 rings (SSSR count). The first-order chi connectivity index (χ1) is 9.62. The minimum Gasteiger partial charge on any atom is -0.392 e. The van der Waals surface area contributed by atoms with Crippen molar-refractivity contribution >= 4 is 23.1 Å². The van der Waals surface area contributed by atoms with E-state index in [2.05, 4.69) is 29.6 Å². The molecule has 2 aliphatic rings. The molecule has 1 fully saturated rings. The van der Waals surface area contributed by atoms with Gasteiger partial charge in [-0.3, -0.25) is 4.79 Å². The summed E-state index contributed by atoms with van der Waals surface area (Å²) in [6.07, 6.45) is 5.50. The molecule has 0 spiro atoms. The van der Waals surface area contributed by atoms with Gasteiger partial charge in [-0.1, -0.05) is 49.3 Å². The van der Waals surface area contributed by atoms with Crippen LogP contribution in [0.3, 0.4) is 0 Å². The van der Waals surface area contributed by atoms with Crippen LogP contribution in [0.15, 0.2) is 24.3 Å². The number of thiocarbonyl (C=S) groups is 1. The predicted molar refractivity (Wildman–Crippen MR) is 83.5 cm³/mol. The Bertz CT molecular complexity index is 524. The zero-order valence-corrected chi connectivity index (χ0v) is 12.3. The lowest BCUT2D eigenvalue weighted by Crippen LogP contribution is -2.50. The van der Waals surface area contributed by atoms with E-state index in [1.165, 1.54) is 11.1 Å². The number of benzene rings is 1. The minimum atomic E-state index is -0.593. The first-order valence-electron chi connectivity index (χ1n) is 7.29. The van der Waals surface area contributed by atoms with Gasteiger partial charge in [0.25, 0.3) is 0 Å². The third-order valence-electron chi connectivity index (χ3n) is 4.75. The van der Waals surface area contributed by atoms with Crippen molar-refractivity contribution in [2.24, 2.45) is 11.1 Å². The molecule has 0 bridgehead atoms. The molecule has 20 heavy (non-hydrogen) atoms. The molecule has 4 heteroatoms. The van der Waals surface area contributed by atoms with E-state index in [0.717, 1.165) is 38.5 Å². The van der Waals surface area contributed by atoms with E-state index < -0.39 is 5.41 Å². The second-order valence-corrected chi connectivity index (χ2v) is 6.44. The Balaban J connectivity index is 1.70. The average molecular weight is 288 g/mol. The van der Waals surface area contributed by atoms with Crippen LogP contribution in [0.1, 0.15) is 36.8 Å². The Morgan fingerprint density at radius 3 is 2.25 bits per heavy atom. The van der Waals surface area contributed by atoms with Crippen LogP contribution in [0, 0.1) is 5.41 Å². The van der Waals surface area contributed by atoms with Crippen LogP contribution >= 0.6 is 12.2 Å². The smallest absolute Gasteiger partial charge is 0.233 e. The molecular formula is C16H20N2OS. The normalized spacial score (nSPS) is 20.6. The van der Waals surface area contributed by atoms with E-state index in [9.17, 15) is 4.79 Å². The van der Waals surface area contributed by atoms with Crippen molar-refractivity contribution in [2.75, 3.05) is 0 Å². The summed E-state index contributed by atoms with van der Waals surface area (Å²) in [5.74, 6) is 0.0420. The van der Waals surface area contributed by atoms with Gasteiger partial charge in [-0.05, 0) is 36.8 Å². The molecule has 3 N–H and O–H groups in total. The van der Waals surface area contributed by atoms with Gasteiger partial charge in [0.15, 0.2) is 0 Å². The number of hydrogen-bond acceptors (Lipinski definition) is 2. The molecule has 2 aliphatic carbocycles. The lowest BCUT2D eigenvalue weighted by molar-refractivity contribution is -0.128. The van der Waals surface area contributed by atoms with E-state index in [-0.39, 0.29) is 11.9 Å². The minimum absolute atomic E-state index is 0.0420. The molecule has 1 aromatic rings. The average Bonchev–Trinajstić information content (AvgIpc) is 3.05. The quantitative estimate of drug-likeness (QED) is 0.838. The summed E-state index contributed by atoms with van der Waals surface area (Å²) < 4.78 is 0. The van der Waals surface area contributed by atoms with Crippen LogP contribution in [0.25, 0.3) is 0 Å². The number of hydrogen-bond donors (Lipinski definition) is 2. The predicted octanol–water partition coefficient (Wildman–Crippen LogP) is 2.12. The standard InChI is InChI=1S/C16H20N2OS/c17-14(20)16(7-3-4-8-16)15(19)18-13-9-11-5-1-2-6-12(11)10-13/h1-2,5-6,13H,3-4,7-10H2,(H2,17,20)(H,18,19). The Labute approximate surface area is 124 Å². The van der Waals surface area contributed by atoms with Gasteiger partial charge in [0.2, 0.25) is 5.91 Å². The third-order valence-corrected chi connectivity index (χ3v) is 5.14. The van der Waals surface area contributed by atoms with Crippen molar-refractivity contribution in [1.29, 1.82) is 0 Å². The summed E-state index contributed by atoms with van der Waals surface area (Å²) in [4.78, 5) is 13.0. The lowest BCUT2D eigenvalue weighted by Gasteiger charge is -2.28. The molecule has 0 aromatic heterocycles. The summed E-state index contributed by atoms with van der Waals surface area (Å²) in [6, 6.07) is 8.57. The maximum Gasteiger partial charge on any atom is 0.233 e. The summed E-state index contributed by atoms with van der Waals surface area (Å²) in [7, 11) is 0. The van der Waals surface area contributed by atoms with Crippen LogP contribution in [-0.2, 0) is 17.6 Å². The molecule has 1 aromatic carbocycles. The van der Waals surface area contributed by atoms with Gasteiger partial charge < -0.3 is 11.1 Å². The van der Waals surface area contributed by atoms with Gasteiger partial charge in [-0.25, -0.2) is 0 Å².